The SMILES string of the molecule is F.c1ccc2c(c1)Nc1ccccc1S2. The van der Waals surface area contributed by atoms with E-state index in [2.05, 4.69) is 53.8 Å². The van der Waals surface area contributed by atoms with Gasteiger partial charge in [-0.25, -0.2) is 0 Å². The molecule has 76 valence electrons. The van der Waals surface area contributed by atoms with Crippen molar-refractivity contribution in [3.63, 3.8) is 0 Å². The van der Waals surface area contributed by atoms with Gasteiger partial charge in [-0.3, -0.25) is 4.70 Å². The molecule has 0 amide bonds. The molecular formula is C12H10FNS. The largest absolute Gasteiger partial charge is 0.354 e. The Kier molecular flexibility index (Phi) is 2.64. The summed E-state index contributed by atoms with van der Waals surface area (Å²) in [5.41, 5.74) is 2.41. The second-order valence-electron chi connectivity index (χ2n) is 3.22. The first-order valence-corrected chi connectivity index (χ1v) is 5.38. The Balaban J connectivity index is 0.000000853. The van der Waals surface area contributed by atoms with Gasteiger partial charge in [0.1, 0.15) is 0 Å². The lowest BCUT2D eigenvalue weighted by molar-refractivity contribution is 1.11. The van der Waals surface area contributed by atoms with Crippen molar-refractivity contribution in [2.75, 3.05) is 5.32 Å². The van der Waals surface area contributed by atoms with E-state index >= 15 is 0 Å². The molecule has 0 atom stereocenters. The van der Waals surface area contributed by atoms with Crippen LogP contribution < -0.4 is 5.32 Å². The number of nitrogens with one attached hydrogen (secondary N) is 1. The van der Waals surface area contributed by atoms with Crippen molar-refractivity contribution in [2.45, 2.75) is 9.79 Å². The summed E-state index contributed by atoms with van der Waals surface area (Å²) in [6, 6.07) is 16.8. The highest BCUT2D eigenvalue weighted by Crippen LogP contribution is 2.43. The normalized spacial score (nSPS) is 11.7. The number of hydrogen-bond donors (Lipinski definition) is 1. The molecule has 0 bridgehead atoms. The molecule has 2 aromatic rings. The van der Waals surface area contributed by atoms with Gasteiger partial charge in [-0.15, -0.1) is 0 Å². The van der Waals surface area contributed by atoms with Crippen LogP contribution in [0.25, 0.3) is 0 Å². The third-order valence-electron chi connectivity index (χ3n) is 2.26. The summed E-state index contributed by atoms with van der Waals surface area (Å²) in [5.74, 6) is 0. The molecule has 0 saturated heterocycles. The van der Waals surface area contributed by atoms with Gasteiger partial charge < -0.3 is 5.32 Å². The van der Waals surface area contributed by atoms with E-state index in [9.17, 15) is 0 Å². The fourth-order valence-electron chi connectivity index (χ4n) is 1.58. The first-order valence-electron chi connectivity index (χ1n) is 4.56. The van der Waals surface area contributed by atoms with Crippen LogP contribution in [0.3, 0.4) is 0 Å². The second-order valence-corrected chi connectivity index (χ2v) is 4.30. The second kappa shape index (κ2) is 3.95. The van der Waals surface area contributed by atoms with Crippen LogP contribution in [0.5, 0.6) is 0 Å². The monoisotopic (exact) mass is 219 g/mol. The summed E-state index contributed by atoms with van der Waals surface area (Å²) >= 11 is 1.82. The maximum Gasteiger partial charge on any atom is 0.0526 e. The molecule has 0 aliphatic carbocycles. The van der Waals surface area contributed by atoms with Gasteiger partial charge in [-0.2, -0.15) is 0 Å². The number of fused-ring (bicyclic) bond motifs is 2. The van der Waals surface area contributed by atoms with Gasteiger partial charge in [0.05, 0.1) is 11.4 Å². The summed E-state index contributed by atoms with van der Waals surface area (Å²) in [5, 5.41) is 3.42. The van der Waals surface area contributed by atoms with Crippen LogP contribution in [0.2, 0.25) is 0 Å². The Morgan fingerprint density at radius 3 is 1.73 bits per heavy atom. The smallest absolute Gasteiger partial charge is 0.0526 e. The summed E-state index contributed by atoms with van der Waals surface area (Å²) in [6.45, 7) is 0. The molecule has 2 aromatic carbocycles. The van der Waals surface area contributed by atoms with Crippen LogP contribution in [0, 0.1) is 0 Å². The Morgan fingerprint density at radius 1 is 0.733 bits per heavy atom. The molecule has 0 aromatic heterocycles. The van der Waals surface area contributed by atoms with Crippen molar-refractivity contribution in [3.05, 3.63) is 48.5 Å². The minimum absolute atomic E-state index is 0. The number of para-hydroxylation sites is 2. The maximum atomic E-state index is 3.42. The highest BCUT2D eigenvalue weighted by atomic mass is 32.2. The van der Waals surface area contributed by atoms with E-state index in [-0.39, 0.29) is 4.70 Å². The molecule has 15 heavy (non-hydrogen) atoms. The number of halogens is 1. The van der Waals surface area contributed by atoms with E-state index in [0.29, 0.717) is 0 Å². The highest BCUT2D eigenvalue weighted by Gasteiger charge is 2.13. The zero-order valence-electron chi connectivity index (χ0n) is 7.94. The fraction of sp³-hybridized carbons (Fsp3) is 0. The summed E-state index contributed by atoms with van der Waals surface area (Å²) in [4.78, 5) is 2.59. The molecule has 1 aliphatic rings. The van der Waals surface area contributed by atoms with Crippen LogP contribution in [0.4, 0.5) is 16.1 Å². The van der Waals surface area contributed by atoms with Crippen molar-refractivity contribution < 1.29 is 4.70 Å². The fourth-order valence-corrected chi connectivity index (χ4v) is 2.57. The molecule has 1 aliphatic heterocycles. The highest BCUT2D eigenvalue weighted by molar-refractivity contribution is 7.99. The van der Waals surface area contributed by atoms with Gasteiger partial charge in [-0.1, -0.05) is 36.0 Å². The van der Waals surface area contributed by atoms with Gasteiger partial charge in [0.2, 0.25) is 0 Å². The lowest BCUT2D eigenvalue weighted by Crippen LogP contribution is -1.98. The molecule has 0 saturated carbocycles. The lowest BCUT2D eigenvalue weighted by Gasteiger charge is -2.19. The summed E-state index contributed by atoms with van der Waals surface area (Å²) in [6.07, 6.45) is 0. The van der Waals surface area contributed by atoms with Crippen LogP contribution in [0.15, 0.2) is 58.3 Å². The lowest BCUT2D eigenvalue weighted by atomic mass is 10.2. The minimum atomic E-state index is 0. The van der Waals surface area contributed by atoms with Crippen molar-refractivity contribution in [3.8, 4) is 0 Å². The summed E-state index contributed by atoms with van der Waals surface area (Å²) in [7, 11) is 0. The van der Waals surface area contributed by atoms with Crippen LogP contribution in [-0.4, -0.2) is 0 Å². The van der Waals surface area contributed by atoms with E-state index in [0.717, 1.165) is 0 Å². The van der Waals surface area contributed by atoms with Gasteiger partial charge in [0, 0.05) is 9.79 Å². The van der Waals surface area contributed by atoms with E-state index in [4.69, 9.17) is 0 Å². The Bertz CT molecular complexity index is 397. The average Bonchev–Trinajstić information content (AvgIpc) is 2.26. The van der Waals surface area contributed by atoms with E-state index in [1.54, 1.807) is 0 Å². The molecule has 0 radical (unpaired) electrons. The number of hydrogen-bond acceptors (Lipinski definition) is 2. The van der Waals surface area contributed by atoms with Crippen molar-refractivity contribution in [1.29, 1.82) is 0 Å². The first kappa shape index (κ1) is 10.1. The molecule has 1 nitrogen and oxygen atoms in total. The predicted molar refractivity (Wildman–Crippen MR) is 62.8 cm³/mol. The number of anilines is 2. The maximum absolute atomic E-state index is 3.42. The van der Waals surface area contributed by atoms with Gasteiger partial charge in [-0.05, 0) is 24.3 Å². The average molecular weight is 219 g/mol. The van der Waals surface area contributed by atoms with Crippen molar-refractivity contribution in [1.82, 2.24) is 0 Å². The molecule has 0 spiro atoms. The minimum Gasteiger partial charge on any atom is -0.354 e. The molecule has 0 fully saturated rings. The van der Waals surface area contributed by atoms with Gasteiger partial charge in [0.15, 0.2) is 0 Å². The zero-order valence-corrected chi connectivity index (χ0v) is 8.75. The molecule has 1 heterocycles. The van der Waals surface area contributed by atoms with Crippen LogP contribution in [0.1, 0.15) is 0 Å². The van der Waals surface area contributed by atoms with E-state index in [1.807, 2.05) is 11.8 Å². The van der Waals surface area contributed by atoms with Crippen molar-refractivity contribution in [2.24, 2.45) is 0 Å². The molecular weight excluding hydrogens is 209 g/mol. The standard InChI is InChI=1S/C12H9NS.FH/c1-3-7-11-9(5-1)13-10-6-2-4-8-12(10)14-11;/h1-8,13H;1H. The van der Waals surface area contributed by atoms with Crippen LogP contribution >= 0.6 is 11.8 Å². The first-order chi connectivity index (χ1) is 6.93. The Labute approximate surface area is 91.9 Å². The van der Waals surface area contributed by atoms with Gasteiger partial charge >= 0.3 is 0 Å². The molecule has 3 rings (SSSR count). The van der Waals surface area contributed by atoms with E-state index in [1.165, 1.54) is 21.2 Å². The molecule has 3 heteroatoms. The molecule has 0 unspecified atom stereocenters. The van der Waals surface area contributed by atoms with Gasteiger partial charge in [0.25, 0.3) is 0 Å². The van der Waals surface area contributed by atoms with Crippen molar-refractivity contribution >= 4 is 23.1 Å². The number of rotatable bonds is 0. The number of benzene rings is 2. The predicted octanol–water partition coefficient (Wildman–Crippen LogP) is 4.05. The third kappa shape index (κ3) is 1.70. The third-order valence-corrected chi connectivity index (χ3v) is 3.42. The zero-order chi connectivity index (χ0) is 9.38. The Hall–Kier alpha value is -1.48. The Morgan fingerprint density at radius 2 is 1.20 bits per heavy atom. The van der Waals surface area contributed by atoms with E-state index < -0.39 is 0 Å². The quantitative estimate of drug-likeness (QED) is 0.612. The topological polar surface area (TPSA) is 12.0 Å². The summed E-state index contributed by atoms with van der Waals surface area (Å²) < 4.78 is 0. The van der Waals surface area contributed by atoms with Crippen LogP contribution in [-0.2, 0) is 0 Å². The molecule has 1 N–H and O–H groups in total.